The fourth-order valence-corrected chi connectivity index (χ4v) is 1.17. The summed E-state index contributed by atoms with van der Waals surface area (Å²) in [5.41, 5.74) is 2.41. The van der Waals surface area contributed by atoms with Crippen LogP contribution in [0.15, 0.2) is 18.2 Å². The van der Waals surface area contributed by atoms with E-state index in [-0.39, 0.29) is 0 Å². The van der Waals surface area contributed by atoms with E-state index >= 15 is 0 Å². The Labute approximate surface area is 92.5 Å². The van der Waals surface area contributed by atoms with E-state index in [1.807, 2.05) is 32.0 Å². The molecule has 0 heterocycles. The fraction of sp³-hybridized carbons (Fsp3) is 0.357. The van der Waals surface area contributed by atoms with Crippen LogP contribution >= 0.6 is 0 Å². The van der Waals surface area contributed by atoms with Crippen LogP contribution in [0.5, 0.6) is 0 Å². The van der Waals surface area contributed by atoms with E-state index in [1.54, 1.807) is 0 Å². The SMILES string of the molecule is C#Cc1ccc(C(C)C)cc1C=O.CC. The minimum atomic E-state index is 0.422. The van der Waals surface area contributed by atoms with Gasteiger partial charge >= 0.3 is 0 Å². The second-order valence-electron chi connectivity index (χ2n) is 3.26. The molecule has 0 bridgehead atoms. The van der Waals surface area contributed by atoms with Crippen molar-refractivity contribution in [3.8, 4) is 12.3 Å². The molecule has 1 nitrogen and oxygen atoms in total. The van der Waals surface area contributed by atoms with Crippen molar-refractivity contribution in [2.24, 2.45) is 0 Å². The smallest absolute Gasteiger partial charge is 0.151 e. The molecule has 0 N–H and O–H groups in total. The average molecular weight is 202 g/mol. The van der Waals surface area contributed by atoms with Gasteiger partial charge in [-0.15, -0.1) is 6.42 Å². The largest absolute Gasteiger partial charge is 0.298 e. The van der Waals surface area contributed by atoms with Gasteiger partial charge in [-0.1, -0.05) is 39.7 Å². The van der Waals surface area contributed by atoms with Crippen molar-refractivity contribution < 1.29 is 4.79 Å². The van der Waals surface area contributed by atoms with Crippen LogP contribution in [0.1, 0.15) is 55.1 Å². The van der Waals surface area contributed by atoms with Gasteiger partial charge in [0.2, 0.25) is 0 Å². The average Bonchev–Trinajstić information content (AvgIpc) is 2.30. The van der Waals surface area contributed by atoms with E-state index in [9.17, 15) is 4.79 Å². The highest BCUT2D eigenvalue weighted by Gasteiger charge is 2.03. The molecule has 1 heteroatoms. The van der Waals surface area contributed by atoms with Gasteiger partial charge in [0.05, 0.1) is 0 Å². The van der Waals surface area contributed by atoms with Gasteiger partial charge in [0.1, 0.15) is 0 Å². The van der Waals surface area contributed by atoms with Crippen LogP contribution in [0.4, 0.5) is 0 Å². The molecule has 1 rings (SSSR count). The first-order valence-electron chi connectivity index (χ1n) is 5.24. The van der Waals surface area contributed by atoms with E-state index in [4.69, 9.17) is 6.42 Å². The summed E-state index contributed by atoms with van der Waals surface area (Å²) < 4.78 is 0. The Kier molecular flexibility index (Phi) is 6.13. The van der Waals surface area contributed by atoms with Crippen LogP contribution in [0, 0.1) is 12.3 Å². The third kappa shape index (κ3) is 3.59. The first-order valence-corrected chi connectivity index (χ1v) is 5.24. The molecule has 0 fully saturated rings. The minimum absolute atomic E-state index is 0.422. The highest BCUT2D eigenvalue weighted by Crippen LogP contribution is 2.17. The Morgan fingerprint density at radius 1 is 1.33 bits per heavy atom. The van der Waals surface area contributed by atoms with E-state index in [1.165, 1.54) is 0 Å². The topological polar surface area (TPSA) is 17.1 Å². The monoisotopic (exact) mass is 202 g/mol. The van der Waals surface area contributed by atoms with E-state index in [0.717, 1.165) is 11.8 Å². The molecule has 0 aromatic heterocycles. The lowest BCUT2D eigenvalue weighted by Gasteiger charge is -2.06. The molecule has 1 aromatic rings. The van der Waals surface area contributed by atoms with Crippen molar-refractivity contribution in [3.05, 3.63) is 34.9 Å². The van der Waals surface area contributed by atoms with Crippen molar-refractivity contribution in [2.45, 2.75) is 33.6 Å². The number of aldehydes is 1. The maximum Gasteiger partial charge on any atom is 0.151 e. The standard InChI is InChI=1S/C12H12O.C2H6/c1-4-10-5-6-11(9(2)3)7-12(10)8-13;1-2/h1,5-9H,2-3H3;1-2H3. The third-order valence-corrected chi connectivity index (χ3v) is 2.02. The van der Waals surface area contributed by atoms with Crippen LogP contribution in [0.25, 0.3) is 0 Å². The number of carbonyl (C=O) groups excluding carboxylic acids is 1. The molecular formula is C14H18O. The Hall–Kier alpha value is -1.55. The quantitative estimate of drug-likeness (QED) is 0.528. The van der Waals surface area contributed by atoms with Crippen LogP contribution in [-0.4, -0.2) is 6.29 Å². The zero-order chi connectivity index (χ0) is 11.8. The molecule has 0 aliphatic heterocycles. The third-order valence-electron chi connectivity index (χ3n) is 2.02. The highest BCUT2D eigenvalue weighted by atomic mass is 16.1. The zero-order valence-electron chi connectivity index (χ0n) is 9.87. The molecule has 0 aliphatic carbocycles. The number of terminal acetylenes is 1. The summed E-state index contributed by atoms with van der Waals surface area (Å²) in [6, 6.07) is 5.64. The van der Waals surface area contributed by atoms with Crippen molar-refractivity contribution >= 4 is 6.29 Å². The van der Waals surface area contributed by atoms with Crippen LogP contribution < -0.4 is 0 Å². The second-order valence-corrected chi connectivity index (χ2v) is 3.26. The summed E-state index contributed by atoms with van der Waals surface area (Å²) in [6.07, 6.45) is 6.05. The van der Waals surface area contributed by atoms with Gasteiger partial charge in [0.25, 0.3) is 0 Å². The summed E-state index contributed by atoms with van der Waals surface area (Å²) >= 11 is 0. The molecule has 0 saturated heterocycles. The number of rotatable bonds is 2. The summed E-state index contributed by atoms with van der Waals surface area (Å²) in [4.78, 5) is 10.7. The molecule has 0 radical (unpaired) electrons. The molecule has 80 valence electrons. The number of benzene rings is 1. The van der Waals surface area contributed by atoms with E-state index in [0.29, 0.717) is 17.0 Å². The molecule has 0 unspecified atom stereocenters. The summed E-state index contributed by atoms with van der Waals surface area (Å²) in [5.74, 6) is 2.90. The molecule has 15 heavy (non-hydrogen) atoms. The Morgan fingerprint density at radius 3 is 2.33 bits per heavy atom. The maximum atomic E-state index is 10.7. The van der Waals surface area contributed by atoms with Crippen LogP contribution in [0.2, 0.25) is 0 Å². The van der Waals surface area contributed by atoms with Gasteiger partial charge < -0.3 is 0 Å². The summed E-state index contributed by atoms with van der Waals surface area (Å²) in [5, 5.41) is 0. The lowest BCUT2D eigenvalue weighted by atomic mass is 9.98. The van der Waals surface area contributed by atoms with E-state index in [2.05, 4.69) is 19.8 Å². The van der Waals surface area contributed by atoms with Gasteiger partial charge in [-0.25, -0.2) is 0 Å². The van der Waals surface area contributed by atoms with Gasteiger partial charge in [-0.2, -0.15) is 0 Å². The summed E-state index contributed by atoms with van der Waals surface area (Å²) in [7, 11) is 0. The number of hydrogen-bond donors (Lipinski definition) is 0. The minimum Gasteiger partial charge on any atom is -0.298 e. The molecule has 0 spiro atoms. The fourth-order valence-electron chi connectivity index (χ4n) is 1.17. The van der Waals surface area contributed by atoms with Crippen LogP contribution in [-0.2, 0) is 0 Å². The molecule has 0 atom stereocenters. The first kappa shape index (κ1) is 13.4. The van der Waals surface area contributed by atoms with Gasteiger partial charge in [-0.05, 0) is 23.6 Å². The molecule has 0 saturated carbocycles. The van der Waals surface area contributed by atoms with Crippen molar-refractivity contribution in [3.63, 3.8) is 0 Å². The molecule has 0 amide bonds. The van der Waals surface area contributed by atoms with Crippen molar-refractivity contribution in [2.75, 3.05) is 0 Å². The zero-order valence-corrected chi connectivity index (χ0v) is 9.87. The van der Waals surface area contributed by atoms with E-state index < -0.39 is 0 Å². The number of hydrogen-bond acceptors (Lipinski definition) is 1. The normalized spacial score (nSPS) is 8.80. The molecule has 0 aliphatic rings. The molecular weight excluding hydrogens is 184 g/mol. The lowest BCUT2D eigenvalue weighted by Crippen LogP contribution is -1.93. The number of carbonyl (C=O) groups is 1. The van der Waals surface area contributed by atoms with Crippen LogP contribution in [0.3, 0.4) is 0 Å². The predicted octanol–water partition coefficient (Wildman–Crippen LogP) is 3.63. The highest BCUT2D eigenvalue weighted by molar-refractivity contribution is 5.79. The van der Waals surface area contributed by atoms with Gasteiger partial charge in [0.15, 0.2) is 6.29 Å². The predicted molar refractivity (Wildman–Crippen MR) is 65.2 cm³/mol. The van der Waals surface area contributed by atoms with Crippen molar-refractivity contribution in [1.29, 1.82) is 0 Å². The Balaban J connectivity index is 0.000000921. The Bertz CT molecular complexity index is 356. The van der Waals surface area contributed by atoms with Gasteiger partial charge in [-0.3, -0.25) is 4.79 Å². The maximum absolute atomic E-state index is 10.7. The summed E-state index contributed by atoms with van der Waals surface area (Å²) in [6.45, 7) is 8.17. The second kappa shape index (κ2) is 6.84. The Morgan fingerprint density at radius 2 is 1.93 bits per heavy atom. The van der Waals surface area contributed by atoms with Crippen molar-refractivity contribution in [1.82, 2.24) is 0 Å². The first-order chi connectivity index (χ1) is 7.19. The molecule has 1 aromatic carbocycles. The van der Waals surface area contributed by atoms with Gasteiger partial charge in [0, 0.05) is 11.1 Å². The lowest BCUT2D eigenvalue weighted by molar-refractivity contribution is 0.112.